The van der Waals surface area contributed by atoms with Crippen molar-refractivity contribution in [3.63, 3.8) is 0 Å². The van der Waals surface area contributed by atoms with Gasteiger partial charge in [0.25, 0.3) is 0 Å². The van der Waals surface area contributed by atoms with Crippen LogP contribution >= 0.6 is 0 Å². The van der Waals surface area contributed by atoms with Crippen molar-refractivity contribution in [1.29, 1.82) is 0 Å². The van der Waals surface area contributed by atoms with Gasteiger partial charge in [-0.1, -0.05) is 42.5 Å². The SMILES string of the molecule is O=C(O)C[C@@H]1CCc2cc(OCCc3cccc(-c4ccccc4)n3)ccc21. The molecule has 0 fully saturated rings. The maximum Gasteiger partial charge on any atom is 0.303 e. The molecule has 1 aromatic heterocycles. The summed E-state index contributed by atoms with van der Waals surface area (Å²) < 4.78 is 5.94. The van der Waals surface area contributed by atoms with Crippen molar-refractivity contribution in [2.24, 2.45) is 0 Å². The summed E-state index contributed by atoms with van der Waals surface area (Å²) in [6.07, 6.45) is 2.77. The Kier molecular flexibility index (Phi) is 5.38. The second-order valence-corrected chi connectivity index (χ2v) is 7.17. The minimum Gasteiger partial charge on any atom is -0.493 e. The highest BCUT2D eigenvalue weighted by Crippen LogP contribution is 2.37. The number of carbonyl (C=O) groups is 1. The number of rotatable bonds is 7. The average Bonchev–Trinajstić information content (AvgIpc) is 3.10. The van der Waals surface area contributed by atoms with Gasteiger partial charge in [0.15, 0.2) is 0 Å². The Labute approximate surface area is 164 Å². The predicted molar refractivity (Wildman–Crippen MR) is 109 cm³/mol. The van der Waals surface area contributed by atoms with Gasteiger partial charge < -0.3 is 9.84 Å². The molecule has 0 radical (unpaired) electrons. The van der Waals surface area contributed by atoms with Crippen LogP contribution in [0.3, 0.4) is 0 Å². The van der Waals surface area contributed by atoms with Gasteiger partial charge in [0.2, 0.25) is 0 Å². The fourth-order valence-corrected chi connectivity index (χ4v) is 3.86. The van der Waals surface area contributed by atoms with Crippen molar-refractivity contribution in [3.8, 4) is 17.0 Å². The van der Waals surface area contributed by atoms with E-state index in [0.29, 0.717) is 6.61 Å². The van der Waals surface area contributed by atoms with Gasteiger partial charge in [-0.15, -0.1) is 0 Å². The molecule has 1 aliphatic carbocycles. The van der Waals surface area contributed by atoms with Crippen LogP contribution in [0.5, 0.6) is 5.75 Å². The van der Waals surface area contributed by atoms with Crippen LogP contribution < -0.4 is 4.74 Å². The van der Waals surface area contributed by atoms with E-state index in [4.69, 9.17) is 14.8 Å². The molecule has 1 N–H and O–H groups in total. The van der Waals surface area contributed by atoms with Gasteiger partial charge >= 0.3 is 5.97 Å². The normalized spacial score (nSPS) is 15.2. The van der Waals surface area contributed by atoms with E-state index in [9.17, 15) is 4.79 Å². The number of hydrogen-bond donors (Lipinski definition) is 1. The van der Waals surface area contributed by atoms with Gasteiger partial charge in [0.05, 0.1) is 18.7 Å². The van der Waals surface area contributed by atoms with Crippen LogP contribution in [0.2, 0.25) is 0 Å². The number of aromatic nitrogens is 1. The second-order valence-electron chi connectivity index (χ2n) is 7.17. The predicted octanol–water partition coefficient (Wildman–Crippen LogP) is 4.87. The lowest BCUT2D eigenvalue weighted by Gasteiger charge is -2.11. The van der Waals surface area contributed by atoms with E-state index in [-0.39, 0.29) is 12.3 Å². The van der Waals surface area contributed by atoms with E-state index in [1.807, 2.05) is 48.5 Å². The van der Waals surface area contributed by atoms with Gasteiger partial charge in [-0.3, -0.25) is 9.78 Å². The van der Waals surface area contributed by atoms with Gasteiger partial charge in [-0.25, -0.2) is 0 Å². The Balaban J connectivity index is 1.37. The molecule has 1 aliphatic rings. The quantitative estimate of drug-likeness (QED) is 0.642. The van der Waals surface area contributed by atoms with Crippen LogP contribution in [-0.2, 0) is 17.6 Å². The lowest BCUT2D eigenvalue weighted by atomic mass is 9.98. The monoisotopic (exact) mass is 373 g/mol. The minimum absolute atomic E-state index is 0.131. The largest absolute Gasteiger partial charge is 0.493 e. The minimum atomic E-state index is -0.733. The standard InChI is InChI=1S/C24H23NO3/c26-24(27)16-19-10-9-18-15-21(11-12-22(18)19)28-14-13-20-7-4-8-23(25-20)17-5-2-1-3-6-17/h1-8,11-12,15,19H,9-10,13-14,16H2,(H,26,27)/t19-/m0/s1. The van der Waals surface area contributed by atoms with Crippen molar-refractivity contribution in [2.45, 2.75) is 31.6 Å². The average molecular weight is 373 g/mol. The van der Waals surface area contributed by atoms with Gasteiger partial charge in [-0.2, -0.15) is 0 Å². The molecule has 4 heteroatoms. The lowest BCUT2D eigenvalue weighted by Crippen LogP contribution is -2.04. The molecule has 0 saturated heterocycles. The Morgan fingerprint density at radius 1 is 1.07 bits per heavy atom. The smallest absolute Gasteiger partial charge is 0.303 e. The molecule has 0 amide bonds. The fraction of sp³-hybridized carbons (Fsp3) is 0.250. The van der Waals surface area contributed by atoms with Crippen molar-refractivity contribution in [2.75, 3.05) is 6.61 Å². The first kappa shape index (κ1) is 18.2. The second kappa shape index (κ2) is 8.26. The van der Waals surface area contributed by atoms with Gasteiger partial charge in [0, 0.05) is 17.7 Å². The zero-order valence-corrected chi connectivity index (χ0v) is 15.7. The first-order valence-corrected chi connectivity index (χ1v) is 9.68. The lowest BCUT2D eigenvalue weighted by molar-refractivity contribution is -0.137. The molecule has 1 atom stereocenters. The number of pyridine rings is 1. The fourth-order valence-electron chi connectivity index (χ4n) is 3.86. The summed E-state index contributed by atoms with van der Waals surface area (Å²) in [5.41, 5.74) is 5.46. The molecule has 0 spiro atoms. The maximum absolute atomic E-state index is 11.0. The number of ether oxygens (including phenoxy) is 1. The van der Waals surface area contributed by atoms with Crippen LogP contribution in [0, 0.1) is 0 Å². The number of hydrogen-bond acceptors (Lipinski definition) is 3. The topological polar surface area (TPSA) is 59.4 Å². The summed E-state index contributed by atoms with van der Waals surface area (Å²) in [5, 5.41) is 9.04. The molecule has 4 rings (SSSR count). The summed E-state index contributed by atoms with van der Waals surface area (Å²) in [6, 6.07) is 22.3. The molecule has 3 aromatic rings. The molecule has 0 aliphatic heterocycles. The third kappa shape index (κ3) is 4.22. The number of aliphatic carboxylic acids is 1. The molecule has 28 heavy (non-hydrogen) atoms. The van der Waals surface area contributed by atoms with Crippen LogP contribution in [0.15, 0.2) is 66.7 Å². The van der Waals surface area contributed by atoms with E-state index < -0.39 is 5.97 Å². The molecule has 142 valence electrons. The van der Waals surface area contributed by atoms with E-state index in [1.54, 1.807) is 0 Å². The highest BCUT2D eigenvalue weighted by molar-refractivity contribution is 5.68. The van der Waals surface area contributed by atoms with Crippen LogP contribution in [0.25, 0.3) is 11.3 Å². The van der Waals surface area contributed by atoms with Crippen LogP contribution in [0.4, 0.5) is 0 Å². The number of fused-ring (bicyclic) bond motifs is 1. The summed E-state index contributed by atoms with van der Waals surface area (Å²) in [4.78, 5) is 15.7. The number of carboxylic acids is 1. The van der Waals surface area contributed by atoms with Gasteiger partial charge in [0.1, 0.15) is 5.75 Å². The molecular weight excluding hydrogens is 350 g/mol. The van der Waals surface area contributed by atoms with E-state index in [0.717, 1.165) is 47.5 Å². The Hall–Kier alpha value is -3.14. The number of carboxylic acid groups (broad SMARTS) is 1. The first-order valence-electron chi connectivity index (χ1n) is 9.68. The van der Waals surface area contributed by atoms with Crippen LogP contribution in [0.1, 0.15) is 35.6 Å². The number of nitrogens with zero attached hydrogens (tertiary/aromatic N) is 1. The Morgan fingerprint density at radius 2 is 1.93 bits per heavy atom. The third-order valence-corrected chi connectivity index (χ3v) is 5.24. The summed E-state index contributed by atoms with van der Waals surface area (Å²) in [7, 11) is 0. The molecule has 0 unspecified atom stereocenters. The first-order chi connectivity index (χ1) is 13.7. The summed E-state index contributed by atoms with van der Waals surface area (Å²) >= 11 is 0. The van der Waals surface area contributed by atoms with E-state index >= 15 is 0 Å². The molecule has 1 heterocycles. The molecule has 4 nitrogen and oxygen atoms in total. The highest BCUT2D eigenvalue weighted by Gasteiger charge is 2.24. The Morgan fingerprint density at radius 3 is 2.75 bits per heavy atom. The molecular formula is C24H23NO3. The number of aryl methyl sites for hydroxylation is 1. The zero-order chi connectivity index (χ0) is 19.3. The highest BCUT2D eigenvalue weighted by atomic mass is 16.5. The molecule has 2 aromatic carbocycles. The van der Waals surface area contributed by atoms with Crippen molar-refractivity contribution >= 4 is 5.97 Å². The van der Waals surface area contributed by atoms with Crippen LogP contribution in [-0.4, -0.2) is 22.7 Å². The van der Waals surface area contributed by atoms with Gasteiger partial charge in [-0.05, 0) is 54.2 Å². The number of benzene rings is 2. The molecule has 0 saturated carbocycles. The summed E-state index contributed by atoms with van der Waals surface area (Å²) in [6.45, 7) is 0.558. The zero-order valence-electron chi connectivity index (χ0n) is 15.7. The van der Waals surface area contributed by atoms with E-state index in [1.165, 1.54) is 5.56 Å². The van der Waals surface area contributed by atoms with Crippen molar-refractivity contribution in [1.82, 2.24) is 4.98 Å². The Bertz CT molecular complexity index is 969. The third-order valence-electron chi connectivity index (χ3n) is 5.24. The van der Waals surface area contributed by atoms with E-state index in [2.05, 4.69) is 18.2 Å². The summed E-state index contributed by atoms with van der Waals surface area (Å²) in [5.74, 6) is 0.240. The van der Waals surface area contributed by atoms with Crippen molar-refractivity contribution < 1.29 is 14.6 Å². The molecule has 0 bridgehead atoms. The maximum atomic E-state index is 11.0. The van der Waals surface area contributed by atoms with Crippen molar-refractivity contribution in [3.05, 3.63) is 83.6 Å².